The second kappa shape index (κ2) is 10.5. The summed E-state index contributed by atoms with van der Waals surface area (Å²) in [5.74, 6) is -0.791. The van der Waals surface area contributed by atoms with Gasteiger partial charge in [0, 0.05) is 21.3 Å². The fraction of sp³-hybridized carbons (Fsp3) is 0.0909. The van der Waals surface area contributed by atoms with Gasteiger partial charge in [-0.05, 0) is 54.1 Å². The summed E-state index contributed by atoms with van der Waals surface area (Å²) in [5, 5.41) is 6.08. The Hall–Kier alpha value is -2.54. The van der Waals surface area contributed by atoms with E-state index >= 15 is 0 Å². The summed E-state index contributed by atoms with van der Waals surface area (Å²) in [4.78, 5) is 25.2. The van der Waals surface area contributed by atoms with Gasteiger partial charge in [-0.2, -0.15) is 0 Å². The molecule has 0 bridgehead atoms. The molecule has 0 spiro atoms. The molecule has 0 aliphatic heterocycles. The van der Waals surface area contributed by atoms with E-state index < -0.39 is 5.82 Å². The van der Waals surface area contributed by atoms with Gasteiger partial charge in [-0.25, -0.2) is 4.39 Å². The van der Waals surface area contributed by atoms with Crippen LogP contribution in [0.25, 0.3) is 0 Å². The number of anilines is 2. The van der Waals surface area contributed by atoms with Crippen LogP contribution < -0.4 is 10.6 Å². The van der Waals surface area contributed by atoms with Crippen molar-refractivity contribution in [3.8, 4) is 0 Å². The second-order valence-corrected chi connectivity index (χ2v) is 8.24. The Kier molecular flexibility index (Phi) is 7.74. The maximum absolute atomic E-state index is 13.2. The minimum absolute atomic E-state index is 0.0532. The van der Waals surface area contributed by atoms with E-state index in [0.29, 0.717) is 16.4 Å². The van der Waals surface area contributed by atoms with Crippen molar-refractivity contribution < 1.29 is 14.0 Å². The van der Waals surface area contributed by atoms with E-state index in [2.05, 4.69) is 10.6 Å². The van der Waals surface area contributed by atoms with Gasteiger partial charge >= 0.3 is 0 Å². The van der Waals surface area contributed by atoms with Crippen LogP contribution in [0.1, 0.15) is 5.56 Å². The Morgan fingerprint density at radius 3 is 2.30 bits per heavy atom. The van der Waals surface area contributed by atoms with Crippen LogP contribution in [-0.4, -0.2) is 17.6 Å². The largest absolute Gasteiger partial charge is 0.326 e. The highest BCUT2D eigenvalue weighted by molar-refractivity contribution is 8.00. The highest BCUT2D eigenvalue weighted by atomic mass is 35.5. The molecule has 4 nitrogen and oxygen atoms in total. The Balaban J connectivity index is 1.52. The predicted molar refractivity (Wildman–Crippen MR) is 121 cm³/mol. The first-order chi connectivity index (χ1) is 14.4. The van der Waals surface area contributed by atoms with E-state index in [1.165, 1.54) is 30.0 Å². The number of halogens is 3. The quantitative estimate of drug-likeness (QED) is 0.420. The van der Waals surface area contributed by atoms with Crippen LogP contribution in [0.5, 0.6) is 0 Å². The maximum Gasteiger partial charge on any atom is 0.234 e. The SMILES string of the molecule is O=C(CSc1cccc(NC(=O)Cc2ccc(Cl)cc2)c1)Nc1ccc(F)c(Cl)c1. The summed E-state index contributed by atoms with van der Waals surface area (Å²) in [6.45, 7) is 0. The number of carbonyl (C=O) groups is 2. The fourth-order valence-electron chi connectivity index (χ4n) is 2.58. The Morgan fingerprint density at radius 1 is 0.867 bits per heavy atom. The number of amides is 2. The van der Waals surface area contributed by atoms with Gasteiger partial charge in [0.15, 0.2) is 0 Å². The van der Waals surface area contributed by atoms with Crippen molar-refractivity contribution in [2.75, 3.05) is 16.4 Å². The lowest BCUT2D eigenvalue weighted by molar-refractivity contribution is -0.115. The summed E-state index contributed by atoms with van der Waals surface area (Å²) >= 11 is 12.9. The van der Waals surface area contributed by atoms with Gasteiger partial charge < -0.3 is 10.6 Å². The van der Waals surface area contributed by atoms with Crippen LogP contribution in [0, 0.1) is 5.82 Å². The molecule has 0 heterocycles. The fourth-order valence-corrected chi connectivity index (χ4v) is 3.64. The zero-order chi connectivity index (χ0) is 21.5. The van der Waals surface area contributed by atoms with Gasteiger partial charge in [-0.3, -0.25) is 9.59 Å². The van der Waals surface area contributed by atoms with Gasteiger partial charge in [0.1, 0.15) is 5.82 Å². The molecule has 0 radical (unpaired) electrons. The number of nitrogens with one attached hydrogen (secondary N) is 2. The van der Waals surface area contributed by atoms with Crippen molar-refractivity contribution in [1.29, 1.82) is 0 Å². The molecule has 3 aromatic rings. The molecule has 3 aromatic carbocycles. The number of thioether (sulfide) groups is 1. The molecule has 0 aliphatic rings. The van der Waals surface area contributed by atoms with Crippen molar-refractivity contribution in [1.82, 2.24) is 0 Å². The van der Waals surface area contributed by atoms with Crippen LogP contribution in [0.2, 0.25) is 10.0 Å². The van der Waals surface area contributed by atoms with E-state index in [0.717, 1.165) is 10.5 Å². The van der Waals surface area contributed by atoms with Crippen LogP contribution >= 0.6 is 35.0 Å². The third-order valence-corrected chi connectivity index (χ3v) is 5.50. The lowest BCUT2D eigenvalue weighted by Gasteiger charge is -2.09. The van der Waals surface area contributed by atoms with Gasteiger partial charge in [0.05, 0.1) is 17.2 Å². The van der Waals surface area contributed by atoms with Crippen molar-refractivity contribution >= 4 is 58.2 Å². The molecule has 0 atom stereocenters. The molecular weight excluding hydrogens is 446 g/mol. The van der Waals surface area contributed by atoms with Crippen molar-refractivity contribution in [2.24, 2.45) is 0 Å². The number of hydrogen-bond donors (Lipinski definition) is 2. The van der Waals surface area contributed by atoms with E-state index in [1.54, 1.807) is 42.5 Å². The third-order valence-electron chi connectivity index (χ3n) is 3.97. The molecule has 0 saturated carbocycles. The zero-order valence-electron chi connectivity index (χ0n) is 15.6. The molecule has 0 unspecified atom stereocenters. The molecule has 0 aliphatic carbocycles. The van der Waals surface area contributed by atoms with Gasteiger partial charge in [-0.1, -0.05) is 41.4 Å². The van der Waals surface area contributed by atoms with Crippen LogP contribution in [0.3, 0.4) is 0 Å². The molecular formula is C22H17Cl2FN2O2S. The van der Waals surface area contributed by atoms with Crippen molar-refractivity contribution in [2.45, 2.75) is 11.3 Å². The van der Waals surface area contributed by atoms with Crippen molar-refractivity contribution in [3.63, 3.8) is 0 Å². The molecule has 30 heavy (non-hydrogen) atoms. The van der Waals surface area contributed by atoms with E-state index in [-0.39, 0.29) is 29.0 Å². The third kappa shape index (κ3) is 6.76. The summed E-state index contributed by atoms with van der Waals surface area (Å²) < 4.78 is 13.2. The number of benzene rings is 3. The molecule has 2 amide bonds. The summed E-state index contributed by atoms with van der Waals surface area (Å²) in [5.41, 5.74) is 1.93. The van der Waals surface area contributed by atoms with Crippen molar-refractivity contribution in [3.05, 3.63) is 88.2 Å². The molecule has 0 saturated heterocycles. The normalized spacial score (nSPS) is 10.5. The standard InChI is InChI=1S/C22H17Cl2FN2O2S/c23-15-6-4-14(5-7-15)10-21(28)26-16-2-1-3-18(11-16)30-13-22(29)27-17-8-9-20(25)19(24)12-17/h1-9,11-12H,10,13H2,(H,26,28)(H,27,29). The maximum atomic E-state index is 13.2. The van der Waals surface area contributed by atoms with Crippen LogP contribution in [0.4, 0.5) is 15.8 Å². The Morgan fingerprint density at radius 2 is 1.57 bits per heavy atom. The van der Waals surface area contributed by atoms with Crippen LogP contribution in [0.15, 0.2) is 71.6 Å². The first kappa shape index (κ1) is 22.2. The number of rotatable bonds is 7. The van der Waals surface area contributed by atoms with E-state index in [1.807, 2.05) is 6.07 Å². The number of carbonyl (C=O) groups excluding carboxylic acids is 2. The molecule has 0 aromatic heterocycles. The minimum Gasteiger partial charge on any atom is -0.326 e. The monoisotopic (exact) mass is 462 g/mol. The minimum atomic E-state index is -0.543. The average molecular weight is 463 g/mol. The first-order valence-electron chi connectivity index (χ1n) is 8.91. The smallest absolute Gasteiger partial charge is 0.234 e. The van der Waals surface area contributed by atoms with Gasteiger partial charge in [-0.15, -0.1) is 11.8 Å². The van der Waals surface area contributed by atoms with E-state index in [9.17, 15) is 14.0 Å². The lowest BCUT2D eigenvalue weighted by atomic mass is 10.1. The molecule has 2 N–H and O–H groups in total. The van der Waals surface area contributed by atoms with E-state index in [4.69, 9.17) is 23.2 Å². The first-order valence-corrected chi connectivity index (χ1v) is 10.7. The predicted octanol–water partition coefficient (Wildman–Crippen LogP) is 6.04. The molecule has 8 heteroatoms. The summed E-state index contributed by atoms with van der Waals surface area (Å²) in [6.07, 6.45) is 0.233. The van der Waals surface area contributed by atoms with Gasteiger partial charge in [0.2, 0.25) is 11.8 Å². The second-order valence-electron chi connectivity index (χ2n) is 6.34. The molecule has 0 fully saturated rings. The summed E-state index contributed by atoms with van der Waals surface area (Å²) in [6, 6.07) is 18.3. The van der Waals surface area contributed by atoms with Gasteiger partial charge in [0.25, 0.3) is 0 Å². The zero-order valence-corrected chi connectivity index (χ0v) is 18.0. The average Bonchev–Trinajstić information content (AvgIpc) is 2.71. The summed E-state index contributed by atoms with van der Waals surface area (Å²) in [7, 11) is 0. The molecule has 3 rings (SSSR count). The lowest BCUT2D eigenvalue weighted by Crippen LogP contribution is -2.15. The Labute approximate surface area is 187 Å². The highest BCUT2D eigenvalue weighted by Gasteiger charge is 2.08. The molecule has 154 valence electrons. The number of hydrogen-bond acceptors (Lipinski definition) is 3. The topological polar surface area (TPSA) is 58.2 Å². The Bertz CT molecular complexity index is 1060. The van der Waals surface area contributed by atoms with Crippen LogP contribution in [-0.2, 0) is 16.0 Å². The highest BCUT2D eigenvalue weighted by Crippen LogP contribution is 2.23.